The summed E-state index contributed by atoms with van der Waals surface area (Å²) in [7, 11) is 0. The van der Waals surface area contributed by atoms with Crippen LogP contribution in [0.1, 0.15) is 5.56 Å². The van der Waals surface area contributed by atoms with Crippen LogP contribution >= 0.6 is 0 Å². The Balaban J connectivity index is 2.46. The van der Waals surface area contributed by atoms with Gasteiger partial charge in [0.15, 0.2) is 0 Å². The number of phenolic OH excluding ortho intramolecular Hbond substituents is 2. The van der Waals surface area contributed by atoms with Crippen LogP contribution in [0.15, 0.2) is 47.6 Å². The van der Waals surface area contributed by atoms with E-state index in [-0.39, 0.29) is 11.5 Å². The van der Waals surface area contributed by atoms with Crippen LogP contribution in [0, 0.1) is 0 Å². The third kappa shape index (κ3) is 2.36. The Morgan fingerprint density at radius 3 is 2.18 bits per heavy atom. The molecule has 0 amide bonds. The monoisotopic (exact) mass is 229 g/mol. The first-order chi connectivity index (χ1) is 8.20. The molecule has 2 aromatic rings. The van der Waals surface area contributed by atoms with Gasteiger partial charge in [0.25, 0.3) is 0 Å². The predicted octanol–water partition coefficient (Wildman–Crippen LogP) is 2.57. The van der Waals surface area contributed by atoms with Crippen molar-refractivity contribution in [2.24, 2.45) is 5.16 Å². The fraction of sp³-hybridized carbons (Fsp3) is 0. The minimum Gasteiger partial charge on any atom is -0.508 e. The van der Waals surface area contributed by atoms with Crippen molar-refractivity contribution in [1.82, 2.24) is 0 Å². The molecule has 2 aromatic carbocycles. The highest BCUT2D eigenvalue weighted by Crippen LogP contribution is 2.26. The van der Waals surface area contributed by atoms with Crippen molar-refractivity contribution in [3.8, 4) is 22.6 Å². The molecule has 2 rings (SSSR count). The first-order valence-electron chi connectivity index (χ1n) is 5.00. The van der Waals surface area contributed by atoms with Crippen LogP contribution in [0.25, 0.3) is 11.1 Å². The summed E-state index contributed by atoms with van der Waals surface area (Å²) in [6.07, 6.45) is 1.17. The van der Waals surface area contributed by atoms with E-state index in [4.69, 9.17) is 5.21 Å². The Bertz CT molecular complexity index is 547. The lowest BCUT2D eigenvalue weighted by Gasteiger charge is -2.04. The average molecular weight is 229 g/mol. The van der Waals surface area contributed by atoms with Crippen LogP contribution in [0.3, 0.4) is 0 Å². The van der Waals surface area contributed by atoms with Gasteiger partial charge in [-0.3, -0.25) is 0 Å². The van der Waals surface area contributed by atoms with E-state index in [1.54, 1.807) is 36.4 Å². The SMILES string of the molecule is O/N=C/c1cc(-c2ccc(O)cc2)ccc1O. The molecule has 0 spiro atoms. The molecule has 0 aromatic heterocycles. The topological polar surface area (TPSA) is 73.1 Å². The van der Waals surface area contributed by atoms with Crippen molar-refractivity contribution < 1.29 is 15.4 Å². The van der Waals surface area contributed by atoms with E-state index < -0.39 is 0 Å². The summed E-state index contributed by atoms with van der Waals surface area (Å²) in [4.78, 5) is 0. The Morgan fingerprint density at radius 2 is 1.53 bits per heavy atom. The molecular weight excluding hydrogens is 218 g/mol. The third-order valence-electron chi connectivity index (χ3n) is 2.42. The highest BCUT2D eigenvalue weighted by molar-refractivity contribution is 5.85. The molecule has 0 saturated heterocycles. The number of benzene rings is 2. The summed E-state index contributed by atoms with van der Waals surface area (Å²) in [5.74, 6) is 0.245. The van der Waals surface area contributed by atoms with E-state index in [1.165, 1.54) is 12.3 Å². The van der Waals surface area contributed by atoms with Crippen LogP contribution in [-0.2, 0) is 0 Å². The fourth-order valence-electron chi connectivity index (χ4n) is 1.55. The first-order valence-corrected chi connectivity index (χ1v) is 5.00. The van der Waals surface area contributed by atoms with Crippen LogP contribution in [0.4, 0.5) is 0 Å². The van der Waals surface area contributed by atoms with Gasteiger partial charge in [0.05, 0.1) is 6.21 Å². The number of oxime groups is 1. The van der Waals surface area contributed by atoms with Crippen molar-refractivity contribution in [3.05, 3.63) is 48.0 Å². The smallest absolute Gasteiger partial charge is 0.124 e. The van der Waals surface area contributed by atoms with Gasteiger partial charge in [0.1, 0.15) is 11.5 Å². The second kappa shape index (κ2) is 4.57. The lowest BCUT2D eigenvalue weighted by Crippen LogP contribution is -1.85. The van der Waals surface area contributed by atoms with E-state index in [2.05, 4.69) is 5.16 Å². The van der Waals surface area contributed by atoms with Crippen molar-refractivity contribution in [2.45, 2.75) is 0 Å². The van der Waals surface area contributed by atoms with Crippen LogP contribution in [0.2, 0.25) is 0 Å². The Kier molecular flexibility index (Phi) is 2.96. The van der Waals surface area contributed by atoms with Gasteiger partial charge in [0.2, 0.25) is 0 Å². The van der Waals surface area contributed by atoms with Crippen LogP contribution in [-0.4, -0.2) is 21.6 Å². The Hall–Kier alpha value is -2.49. The maximum absolute atomic E-state index is 9.51. The summed E-state index contributed by atoms with van der Waals surface area (Å²) >= 11 is 0. The molecule has 3 N–H and O–H groups in total. The molecule has 0 aliphatic rings. The molecule has 0 fully saturated rings. The van der Waals surface area contributed by atoms with Gasteiger partial charge < -0.3 is 15.4 Å². The van der Waals surface area contributed by atoms with Crippen molar-refractivity contribution in [1.29, 1.82) is 0 Å². The normalized spacial score (nSPS) is 10.8. The number of phenols is 2. The number of hydrogen-bond acceptors (Lipinski definition) is 4. The van der Waals surface area contributed by atoms with Gasteiger partial charge in [-0.25, -0.2) is 0 Å². The maximum Gasteiger partial charge on any atom is 0.124 e. The zero-order chi connectivity index (χ0) is 12.3. The fourth-order valence-corrected chi connectivity index (χ4v) is 1.55. The molecule has 0 bridgehead atoms. The van der Waals surface area contributed by atoms with E-state index >= 15 is 0 Å². The van der Waals surface area contributed by atoms with Crippen molar-refractivity contribution >= 4 is 6.21 Å². The lowest BCUT2D eigenvalue weighted by atomic mass is 10.0. The number of nitrogens with zero attached hydrogens (tertiary/aromatic N) is 1. The zero-order valence-electron chi connectivity index (χ0n) is 8.91. The zero-order valence-corrected chi connectivity index (χ0v) is 8.91. The van der Waals surface area contributed by atoms with Gasteiger partial charge in [0, 0.05) is 5.56 Å². The molecule has 0 aliphatic carbocycles. The summed E-state index contributed by atoms with van der Waals surface area (Å²) < 4.78 is 0. The molecule has 0 unspecified atom stereocenters. The van der Waals surface area contributed by atoms with Crippen LogP contribution < -0.4 is 0 Å². The van der Waals surface area contributed by atoms with E-state index in [0.29, 0.717) is 5.56 Å². The van der Waals surface area contributed by atoms with Gasteiger partial charge in [-0.2, -0.15) is 0 Å². The van der Waals surface area contributed by atoms with Gasteiger partial charge in [-0.05, 0) is 35.4 Å². The van der Waals surface area contributed by atoms with Crippen LogP contribution in [0.5, 0.6) is 11.5 Å². The molecule has 4 nitrogen and oxygen atoms in total. The minimum absolute atomic E-state index is 0.0466. The second-order valence-corrected chi connectivity index (χ2v) is 3.57. The quantitative estimate of drug-likeness (QED) is 0.421. The molecule has 86 valence electrons. The molecule has 0 atom stereocenters. The summed E-state index contributed by atoms with van der Waals surface area (Å²) in [6.45, 7) is 0. The summed E-state index contributed by atoms with van der Waals surface area (Å²) in [5.41, 5.74) is 2.19. The predicted molar refractivity (Wildman–Crippen MR) is 64.6 cm³/mol. The molecule has 0 aliphatic heterocycles. The minimum atomic E-state index is 0.0466. The Labute approximate surface area is 98.1 Å². The molecular formula is C13H11NO3. The van der Waals surface area contributed by atoms with E-state index in [9.17, 15) is 10.2 Å². The van der Waals surface area contributed by atoms with Crippen molar-refractivity contribution in [2.75, 3.05) is 0 Å². The maximum atomic E-state index is 9.51. The van der Waals surface area contributed by atoms with Crippen molar-refractivity contribution in [3.63, 3.8) is 0 Å². The Morgan fingerprint density at radius 1 is 0.882 bits per heavy atom. The molecule has 0 heterocycles. The lowest BCUT2D eigenvalue weighted by molar-refractivity contribution is 0.321. The number of hydrogen-bond donors (Lipinski definition) is 3. The number of aromatic hydroxyl groups is 2. The highest BCUT2D eigenvalue weighted by Gasteiger charge is 2.03. The number of rotatable bonds is 2. The first kappa shape index (κ1) is 11.0. The third-order valence-corrected chi connectivity index (χ3v) is 2.42. The molecule has 4 heteroatoms. The van der Waals surface area contributed by atoms with E-state index in [1.807, 2.05) is 0 Å². The van der Waals surface area contributed by atoms with E-state index in [0.717, 1.165) is 11.1 Å². The summed E-state index contributed by atoms with van der Waals surface area (Å²) in [5, 5.41) is 30.1. The largest absolute Gasteiger partial charge is 0.508 e. The second-order valence-electron chi connectivity index (χ2n) is 3.57. The highest BCUT2D eigenvalue weighted by atomic mass is 16.4. The average Bonchev–Trinajstić information content (AvgIpc) is 2.33. The van der Waals surface area contributed by atoms with Gasteiger partial charge >= 0.3 is 0 Å². The summed E-state index contributed by atoms with van der Waals surface area (Å²) in [6, 6.07) is 11.7. The molecule has 0 radical (unpaired) electrons. The molecule has 0 saturated carbocycles. The molecule has 17 heavy (non-hydrogen) atoms. The van der Waals surface area contributed by atoms with Gasteiger partial charge in [-0.1, -0.05) is 23.4 Å². The standard InChI is InChI=1S/C13H11NO3/c15-12-4-1-9(2-5-12)10-3-6-13(16)11(7-10)8-14-17/h1-8,15-17H/b14-8+. The van der Waals surface area contributed by atoms with Gasteiger partial charge in [-0.15, -0.1) is 0 Å².